The normalized spacial score (nSPS) is 9.38. The van der Waals surface area contributed by atoms with Crippen LogP contribution in [0.1, 0.15) is 33.1 Å². The molecule has 0 bridgehead atoms. The Hall–Kier alpha value is -1.22. The van der Waals surface area contributed by atoms with Crippen molar-refractivity contribution in [1.29, 1.82) is 0 Å². The number of unbranched alkanes of at least 4 members (excludes halogenated alkanes) is 2. The van der Waals surface area contributed by atoms with E-state index in [0.29, 0.717) is 11.4 Å². The molecule has 0 aliphatic rings. The Morgan fingerprint density at radius 1 is 1.06 bits per heavy atom. The molecule has 4 N–H and O–H groups in total. The first-order valence-corrected chi connectivity index (χ1v) is 5.89. The second-order valence-corrected chi connectivity index (χ2v) is 3.57. The van der Waals surface area contributed by atoms with Crippen LogP contribution in [0.25, 0.3) is 0 Å². The van der Waals surface area contributed by atoms with E-state index in [9.17, 15) is 0 Å². The van der Waals surface area contributed by atoms with E-state index in [1.165, 1.54) is 19.3 Å². The van der Waals surface area contributed by atoms with E-state index in [4.69, 9.17) is 16.2 Å². The summed E-state index contributed by atoms with van der Waals surface area (Å²) in [5, 5.41) is 0. The first-order chi connectivity index (χ1) is 7.70. The van der Waals surface area contributed by atoms with Gasteiger partial charge in [-0.05, 0) is 31.5 Å². The number of anilines is 2. The van der Waals surface area contributed by atoms with E-state index in [0.717, 1.165) is 13.2 Å². The number of ether oxygens (including phenoxy) is 1. The molecule has 3 heteroatoms. The number of rotatable bonds is 5. The van der Waals surface area contributed by atoms with Gasteiger partial charge in [0.25, 0.3) is 0 Å². The molecule has 0 unspecified atom stereocenters. The van der Waals surface area contributed by atoms with Gasteiger partial charge in [0.15, 0.2) is 0 Å². The molecule has 0 radical (unpaired) electrons. The fourth-order valence-corrected chi connectivity index (χ4v) is 1.16. The average Bonchev–Trinajstić information content (AvgIpc) is 2.25. The quantitative estimate of drug-likeness (QED) is 0.597. The fourth-order valence-electron chi connectivity index (χ4n) is 1.16. The van der Waals surface area contributed by atoms with Crippen molar-refractivity contribution in [3.05, 3.63) is 24.3 Å². The highest BCUT2D eigenvalue weighted by molar-refractivity contribution is 5.50. The van der Waals surface area contributed by atoms with Crippen molar-refractivity contribution in [3.8, 4) is 0 Å². The molecule has 1 aromatic carbocycles. The Morgan fingerprint density at radius 2 is 1.69 bits per heavy atom. The maximum absolute atomic E-state index is 5.38. The Kier molecular flexibility index (Phi) is 9.52. The van der Waals surface area contributed by atoms with Gasteiger partial charge in [0.2, 0.25) is 0 Å². The van der Waals surface area contributed by atoms with Crippen LogP contribution < -0.4 is 11.5 Å². The minimum atomic E-state index is 0.713. The largest absolute Gasteiger partial charge is 0.399 e. The van der Waals surface area contributed by atoms with Gasteiger partial charge in [-0.15, -0.1) is 0 Å². The van der Waals surface area contributed by atoms with E-state index < -0.39 is 0 Å². The van der Waals surface area contributed by atoms with Gasteiger partial charge in [-0.25, -0.2) is 0 Å². The van der Waals surface area contributed by atoms with E-state index in [2.05, 4.69) is 6.92 Å². The molecule has 0 amide bonds. The highest BCUT2D eigenvalue weighted by Gasteiger charge is 1.82. The molecular weight excluding hydrogens is 200 g/mol. The van der Waals surface area contributed by atoms with Crippen LogP contribution in [-0.2, 0) is 4.74 Å². The lowest BCUT2D eigenvalue weighted by Gasteiger charge is -1.96. The molecule has 0 fully saturated rings. The minimum absolute atomic E-state index is 0.713. The van der Waals surface area contributed by atoms with Crippen LogP contribution in [-0.4, -0.2) is 13.2 Å². The van der Waals surface area contributed by atoms with E-state index in [-0.39, 0.29) is 0 Å². The predicted molar refractivity (Wildman–Crippen MR) is 71.3 cm³/mol. The van der Waals surface area contributed by atoms with Crippen molar-refractivity contribution >= 4 is 11.4 Å². The second kappa shape index (κ2) is 10.3. The lowest BCUT2D eigenvalue weighted by atomic mass is 10.3. The Morgan fingerprint density at radius 3 is 2.06 bits per heavy atom. The van der Waals surface area contributed by atoms with Crippen molar-refractivity contribution in [2.75, 3.05) is 24.7 Å². The van der Waals surface area contributed by atoms with Gasteiger partial charge in [-0.1, -0.05) is 25.8 Å². The molecule has 16 heavy (non-hydrogen) atoms. The molecule has 1 aromatic rings. The number of hydrogen-bond acceptors (Lipinski definition) is 3. The van der Waals surface area contributed by atoms with Crippen molar-refractivity contribution < 1.29 is 4.74 Å². The zero-order chi connectivity index (χ0) is 12.2. The Bertz CT molecular complexity index is 241. The summed E-state index contributed by atoms with van der Waals surface area (Å²) in [4.78, 5) is 0. The van der Waals surface area contributed by atoms with Crippen LogP contribution in [0.5, 0.6) is 0 Å². The molecule has 0 atom stereocenters. The van der Waals surface area contributed by atoms with Crippen LogP contribution >= 0.6 is 0 Å². The Balaban J connectivity index is 0.000000281. The van der Waals surface area contributed by atoms with Gasteiger partial charge in [-0.3, -0.25) is 0 Å². The van der Waals surface area contributed by atoms with Crippen molar-refractivity contribution in [2.45, 2.75) is 33.1 Å². The van der Waals surface area contributed by atoms with Gasteiger partial charge >= 0.3 is 0 Å². The van der Waals surface area contributed by atoms with Gasteiger partial charge < -0.3 is 16.2 Å². The monoisotopic (exact) mass is 224 g/mol. The van der Waals surface area contributed by atoms with Gasteiger partial charge in [0.1, 0.15) is 0 Å². The maximum atomic E-state index is 5.38. The van der Waals surface area contributed by atoms with E-state index in [1.807, 2.05) is 13.0 Å². The van der Waals surface area contributed by atoms with Crippen molar-refractivity contribution in [1.82, 2.24) is 0 Å². The number of hydrogen-bond donors (Lipinski definition) is 2. The third kappa shape index (κ3) is 9.34. The maximum Gasteiger partial charge on any atom is 0.0465 e. The van der Waals surface area contributed by atoms with Crippen molar-refractivity contribution in [2.24, 2.45) is 0 Å². The predicted octanol–water partition coefficient (Wildman–Crippen LogP) is 3.06. The van der Waals surface area contributed by atoms with E-state index in [1.54, 1.807) is 18.2 Å². The molecule has 0 heterocycles. The highest BCUT2D eigenvalue weighted by atomic mass is 16.5. The first kappa shape index (κ1) is 14.8. The zero-order valence-electron chi connectivity index (χ0n) is 10.4. The van der Waals surface area contributed by atoms with Gasteiger partial charge in [-0.2, -0.15) is 0 Å². The molecule has 0 saturated heterocycles. The summed E-state index contributed by atoms with van der Waals surface area (Å²) in [7, 11) is 0. The summed E-state index contributed by atoms with van der Waals surface area (Å²) in [5.41, 5.74) is 12.2. The molecule has 0 aromatic heterocycles. The standard InChI is InChI=1S/C7H16O.C6H8N2/c1-3-5-6-7-8-4-2;7-5-2-1-3-6(8)4-5/h3-7H2,1-2H3;1-4H,7-8H2. The molecule has 0 spiro atoms. The summed E-state index contributed by atoms with van der Waals surface area (Å²) in [5.74, 6) is 0. The second-order valence-electron chi connectivity index (χ2n) is 3.57. The van der Waals surface area contributed by atoms with Crippen LogP contribution in [0.3, 0.4) is 0 Å². The summed E-state index contributed by atoms with van der Waals surface area (Å²) >= 11 is 0. The summed E-state index contributed by atoms with van der Waals surface area (Å²) < 4.78 is 5.14. The average molecular weight is 224 g/mol. The van der Waals surface area contributed by atoms with Crippen LogP contribution in [0.15, 0.2) is 24.3 Å². The van der Waals surface area contributed by atoms with E-state index >= 15 is 0 Å². The fraction of sp³-hybridized carbons (Fsp3) is 0.538. The topological polar surface area (TPSA) is 61.3 Å². The molecule has 0 aliphatic heterocycles. The molecule has 92 valence electrons. The lowest BCUT2D eigenvalue weighted by molar-refractivity contribution is 0.143. The van der Waals surface area contributed by atoms with Gasteiger partial charge in [0, 0.05) is 24.6 Å². The van der Waals surface area contributed by atoms with Gasteiger partial charge in [0.05, 0.1) is 0 Å². The summed E-state index contributed by atoms with van der Waals surface area (Å²) in [6, 6.07) is 7.15. The van der Waals surface area contributed by atoms with Crippen LogP contribution in [0.2, 0.25) is 0 Å². The Labute approximate surface area is 98.8 Å². The third-order valence-electron chi connectivity index (χ3n) is 2.01. The number of benzene rings is 1. The minimum Gasteiger partial charge on any atom is -0.399 e. The molecule has 0 saturated carbocycles. The number of nitrogen functional groups attached to an aromatic ring is 2. The first-order valence-electron chi connectivity index (χ1n) is 5.89. The number of nitrogens with two attached hydrogens (primary N) is 2. The highest BCUT2D eigenvalue weighted by Crippen LogP contribution is 2.06. The molecule has 1 rings (SSSR count). The van der Waals surface area contributed by atoms with Crippen LogP contribution in [0, 0.1) is 0 Å². The smallest absolute Gasteiger partial charge is 0.0465 e. The molecular formula is C13H24N2O. The third-order valence-corrected chi connectivity index (χ3v) is 2.01. The zero-order valence-corrected chi connectivity index (χ0v) is 10.4. The SMILES string of the molecule is CCCCCOCC.Nc1cccc(N)c1. The molecule has 3 nitrogen and oxygen atoms in total. The van der Waals surface area contributed by atoms with Crippen molar-refractivity contribution in [3.63, 3.8) is 0 Å². The lowest BCUT2D eigenvalue weighted by Crippen LogP contribution is -1.91. The molecule has 0 aliphatic carbocycles. The summed E-state index contributed by atoms with van der Waals surface area (Å²) in [6.45, 7) is 6.05. The summed E-state index contributed by atoms with van der Waals surface area (Å²) in [6.07, 6.45) is 3.82. The van der Waals surface area contributed by atoms with Crippen LogP contribution in [0.4, 0.5) is 11.4 Å².